The first-order chi connectivity index (χ1) is 8.28. The summed E-state index contributed by atoms with van der Waals surface area (Å²) in [7, 11) is 0. The zero-order chi connectivity index (χ0) is 12.1. The van der Waals surface area contributed by atoms with Gasteiger partial charge < -0.3 is 14.8 Å². The molecule has 1 fully saturated rings. The first kappa shape index (κ1) is 11.7. The number of ether oxygens (including phenoxy) is 2. The van der Waals surface area contributed by atoms with E-state index in [2.05, 4.69) is 11.9 Å². The number of carbonyl (C=O) groups is 1. The summed E-state index contributed by atoms with van der Waals surface area (Å²) < 4.78 is 10.6. The fraction of sp³-hybridized carbons (Fsp3) is 0.308. The lowest BCUT2D eigenvalue weighted by Crippen LogP contribution is -2.19. The van der Waals surface area contributed by atoms with Gasteiger partial charge in [-0.1, -0.05) is 18.7 Å². The van der Waals surface area contributed by atoms with Gasteiger partial charge in [0.05, 0.1) is 6.61 Å². The first-order valence-electron chi connectivity index (χ1n) is 5.51. The number of nitrogens with one attached hydrogen (secondary N) is 1. The van der Waals surface area contributed by atoms with Crippen LogP contribution in [0.15, 0.2) is 36.9 Å². The second-order valence-electron chi connectivity index (χ2n) is 3.83. The van der Waals surface area contributed by atoms with E-state index in [1.807, 2.05) is 24.3 Å². The standard InChI is InChI=1S/C13H15NO3/c1-2-13(15)14-7-10-3-5-11(6-4-10)16-8-12-9-17-12/h2-6,12H,1,7-9H2,(H,14,15). The van der Waals surface area contributed by atoms with Crippen molar-refractivity contribution in [3.63, 3.8) is 0 Å². The Kier molecular flexibility index (Phi) is 3.77. The predicted molar refractivity (Wildman–Crippen MR) is 63.7 cm³/mol. The normalized spacial score (nSPS) is 17.3. The first-order valence-corrected chi connectivity index (χ1v) is 5.51. The van der Waals surface area contributed by atoms with Crippen LogP contribution < -0.4 is 10.1 Å². The summed E-state index contributed by atoms with van der Waals surface area (Å²) in [5.74, 6) is 0.649. The topological polar surface area (TPSA) is 50.9 Å². The maximum absolute atomic E-state index is 11.0. The number of epoxide rings is 1. The average Bonchev–Trinajstić information content (AvgIpc) is 3.18. The highest BCUT2D eigenvalue weighted by Crippen LogP contribution is 2.15. The summed E-state index contributed by atoms with van der Waals surface area (Å²) >= 11 is 0. The third-order valence-electron chi connectivity index (χ3n) is 2.41. The van der Waals surface area contributed by atoms with Gasteiger partial charge in [0.2, 0.25) is 5.91 Å². The molecule has 0 spiro atoms. The van der Waals surface area contributed by atoms with Crippen LogP contribution >= 0.6 is 0 Å². The van der Waals surface area contributed by atoms with Crippen LogP contribution in [0.25, 0.3) is 0 Å². The van der Waals surface area contributed by atoms with E-state index in [4.69, 9.17) is 9.47 Å². The SMILES string of the molecule is C=CC(=O)NCc1ccc(OCC2CO2)cc1. The van der Waals surface area contributed by atoms with Crippen molar-refractivity contribution < 1.29 is 14.3 Å². The van der Waals surface area contributed by atoms with Crippen molar-refractivity contribution in [3.05, 3.63) is 42.5 Å². The van der Waals surface area contributed by atoms with Crippen molar-refractivity contribution in [2.75, 3.05) is 13.2 Å². The van der Waals surface area contributed by atoms with Crippen molar-refractivity contribution in [2.24, 2.45) is 0 Å². The van der Waals surface area contributed by atoms with Crippen LogP contribution in [0.4, 0.5) is 0 Å². The van der Waals surface area contributed by atoms with E-state index in [9.17, 15) is 4.79 Å². The molecule has 1 heterocycles. The van der Waals surface area contributed by atoms with Gasteiger partial charge in [-0.3, -0.25) is 4.79 Å². The molecule has 4 nitrogen and oxygen atoms in total. The Hall–Kier alpha value is -1.81. The molecule has 2 rings (SSSR count). The Morgan fingerprint density at radius 2 is 2.24 bits per heavy atom. The molecular formula is C13H15NO3. The highest BCUT2D eigenvalue weighted by atomic mass is 16.6. The largest absolute Gasteiger partial charge is 0.491 e. The van der Waals surface area contributed by atoms with Gasteiger partial charge >= 0.3 is 0 Å². The van der Waals surface area contributed by atoms with E-state index in [1.54, 1.807) is 0 Å². The monoisotopic (exact) mass is 233 g/mol. The van der Waals surface area contributed by atoms with E-state index in [0.29, 0.717) is 13.2 Å². The van der Waals surface area contributed by atoms with Crippen LogP contribution in [0, 0.1) is 0 Å². The molecule has 0 aromatic heterocycles. The van der Waals surface area contributed by atoms with Crippen LogP contribution in [0.1, 0.15) is 5.56 Å². The van der Waals surface area contributed by atoms with Crippen molar-refractivity contribution in [1.82, 2.24) is 5.32 Å². The molecular weight excluding hydrogens is 218 g/mol. The third-order valence-corrected chi connectivity index (χ3v) is 2.41. The lowest BCUT2D eigenvalue weighted by Gasteiger charge is -2.06. The highest BCUT2D eigenvalue weighted by molar-refractivity contribution is 5.86. The summed E-state index contributed by atoms with van der Waals surface area (Å²) in [6.07, 6.45) is 1.52. The molecule has 0 aliphatic carbocycles. The van der Waals surface area contributed by atoms with Crippen LogP contribution in [0.5, 0.6) is 5.75 Å². The Morgan fingerprint density at radius 1 is 1.53 bits per heavy atom. The van der Waals surface area contributed by atoms with Gasteiger partial charge in [0.25, 0.3) is 0 Å². The summed E-state index contributed by atoms with van der Waals surface area (Å²) in [4.78, 5) is 11.0. The minimum atomic E-state index is -0.170. The molecule has 1 aliphatic rings. The molecule has 17 heavy (non-hydrogen) atoms. The third kappa shape index (κ3) is 3.92. The summed E-state index contributed by atoms with van der Waals surface area (Å²) in [6, 6.07) is 7.62. The molecule has 1 aromatic carbocycles. The van der Waals surface area contributed by atoms with E-state index in [1.165, 1.54) is 6.08 Å². The van der Waals surface area contributed by atoms with Gasteiger partial charge in [-0.2, -0.15) is 0 Å². The van der Waals surface area contributed by atoms with Gasteiger partial charge in [-0.15, -0.1) is 0 Å². The lowest BCUT2D eigenvalue weighted by atomic mass is 10.2. The average molecular weight is 233 g/mol. The van der Waals surface area contributed by atoms with E-state index < -0.39 is 0 Å². The Bertz CT molecular complexity index is 396. The van der Waals surface area contributed by atoms with Crippen LogP contribution in [-0.4, -0.2) is 25.2 Å². The van der Waals surface area contributed by atoms with Gasteiger partial charge in [-0.05, 0) is 23.8 Å². The smallest absolute Gasteiger partial charge is 0.243 e. The quantitative estimate of drug-likeness (QED) is 0.594. The minimum absolute atomic E-state index is 0.170. The molecule has 0 saturated carbocycles. The highest BCUT2D eigenvalue weighted by Gasteiger charge is 2.22. The fourth-order valence-electron chi connectivity index (χ4n) is 1.32. The minimum Gasteiger partial charge on any atom is -0.491 e. The van der Waals surface area contributed by atoms with Gasteiger partial charge in [0.15, 0.2) is 0 Å². The fourth-order valence-corrected chi connectivity index (χ4v) is 1.32. The summed E-state index contributed by atoms with van der Waals surface area (Å²) in [6.45, 7) is 5.29. The molecule has 1 saturated heterocycles. The van der Waals surface area contributed by atoms with Crippen LogP contribution in [0.2, 0.25) is 0 Å². The molecule has 4 heteroatoms. The van der Waals surface area contributed by atoms with Crippen molar-refractivity contribution >= 4 is 5.91 Å². The molecule has 0 radical (unpaired) electrons. The van der Waals surface area contributed by atoms with E-state index in [0.717, 1.165) is 17.9 Å². The van der Waals surface area contributed by atoms with E-state index in [-0.39, 0.29) is 12.0 Å². The molecule has 1 N–H and O–H groups in total. The zero-order valence-electron chi connectivity index (χ0n) is 9.52. The Morgan fingerprint density at radius 3 is 2.82 bits per heavy atom. The molecule has 1 aromatic rings. The molecule has 1 atom stereocenters. The van der Waals surface area contributed by atoms with Gasteiger partial charge in [-0.25, -0.2) is 0 Å². The molecule has 90 valence electrons. The number of benzene rings is 1. The molecule has 1 unspecified atom stereocenters. The number of carbonyl (C=O) groups excluding carboxylic acids is 1. The zero-order valence-corrected chi connectivity index (χ0v) is 9.52. The Balaban J connectivity index is 1.79. The van der Waals surface area contributed by atoms with Crippen molar-refractivity contribution in [2.45, 2.75) is 12.6 Å². The van der Waals surface area contributed by atoms with E-state index >= 15 is 0 Å². The Labute approximate surface area is 100 Å². The summed E-state index contributed by atoms with van der Waals surface area (Å²) in [5, 5.41) is 2.71. The van der Waals surface area contributed by atoms with Crippen LogP contribution in [-0.2, 0) is 16.1 Å². The lowest BCUT2D eigenvalue weighted by molar-refractivity contribution is -0.116. The second kappa shape index (κ2) is 5.50. The molecule has 1 aliphatic heterocycles. The molecule has 0 bridgehead atoms. The van der Waals surface area contributed by atoms with Crippen molar-refractivity contribution in [3.8, 4) is 5.75 Å². The number of hydrogen-bond donors (Lipinski definition) is 1. The maximum Gasteiger partial charge on any atom is 0.243 e. The van der Waals surface area contributed by atoms with Crippen molar-refractivity contribution in [1.29, 1.82) is 0 Å². The van der Waals surface area contributed by atoms with Gasteiger partial charge in [0, 0.05) is 6.54 Å². The van der Waals surface area contributed by atoms with Gasteiger partial charge in [0.1, 0.15) is 18.5 Å². The number of hydrogen-bond acceptors (Lipinski definition) is 3. The number of rotatable bonds is 6. The maximum atomic E-state index is 11.0. The summed E-state index contributed by atoms with van der Waals surface area (Å²) in [5.41, 5.74) is 1.02. The van der Waals surface area contributed by atoms with Crippen LogP contribution in [0.3, 0.4) is 0 Å². The predicted octanol–water partition coefficient (Wildman–Crippen LogP) is 1.27. The number of amides is 1. The second-order valence-corrected chi connectivity index (χ2v) is 3.83. The molecule has 1 amide bonds.